The van der Waals surface area contributed by atoms with Crippen molar-refractivity contribution in [3.05, 3.63) is 59.3 Å². The third kappa shape index (κ3) is 4.40. The molecular weight excluding hydrogens is 520 g/mol. The molecule has 9 nitrogen and oxygen atoms in total. The largest absolute Gasteiger partial charge is 0.491 e. The Hall–Kier alpha value is -3.86. The normalized spacial score (nSPS) is 14.1. The van der Waals surface area contributed by atoms with Crippen LogP contribution in [0, 0.1) is 0 Å². The minimum atomic E-state index is 0.616. The van der Waals surface area contributed by atoms with E-state index in [0.29, 0.717) is 22.5 Å². The van der Waals surface area contributed by atoms with Gasteiger partial charge >= 0.3 is 0 Å². The van der Waals surface area contributed by atoms with Crippen molar-refractivity contribution in [2.24, 2.45) is 0 Å². The first-order chi connectivity index (χ1) is 18.7. The number of hydrogen-bond donors (Lipinski definition) is 2. The number of pyridine rings is 3. The van der Waals surface area contributed by atoms with Crippen molar-refractivity contribution in [2.75, 3.05) is 26.2 Å². The molecule has 0 unspecified atom stereocenters. The minimum absolute atomic E-state index is 0.616. The Bertz CT molecular complexity index is 1750. The number of aromatic nitrogens is 7. The van der Waals surface area contributed by atoms with Gasteiger partial charge in [-0.1, -0.05) is 11.6 Å². The Balaban J connectivity index is 1.20. The second kappa shape index (κ2) is 9.79. The highest BCUT2D eigenvalue weighted by Crippen LogP contribution is 2.35. The van der Waals surface area contributed by atoms with Crippen LogP contribution < -0.4 is 4.74 Å². The molecule has 0 atom stereocenters. The predicted molar refractivity (Wildman–Crippen MR) is 149 cm³/mol. The van der Waals surface area contributed by atoms with Crippen LogP contribution in [0.25, 0.3) is 55.4 Å². The van der Waals surface area contributed by atoms with Gasteiger partial charge < -0.3 is 9.72 Å². The van der Waals surface area contributed by atoms with Gasteiger partial charge in [-0.3, -0.25) is 20.0 Å². The van der Waals surface area contributed by atoms with Crippen molar-refractivity contribution in [3.63, 3.8) is 0 Å². The lowest BCUT2D eigenvalue weighted by Crippen LogP contribution is -2.25. The van der Waals surface area contributed by atoms with Gasteiger partial charge in [0.15, 0.2) is 11.5 Å². The van der Waals surface area contributed by atoms with Crippen molar-refractivity contribution >= 4 is 45.0 Å². The van der Waals surface area contributed by atoms with Crippen molar-refractivity contribution in [1.82, 2.24) is 40.0 Å². The van der Waals surface area contributed by atoms with Crippen LogP contribution in [0.5, 0.6) is 5.75 Å². The molecule has 7 heterocycles. The molecule has 1 saturated heterocycles. The molecule has 1 aliphatic rings. The number of halogens is 1. The zero-order chi connectivity index (χ0) is 25.5. The molecule has 0 bridgehead atoms. The highest BCUT2D eigenvalue weighted by Gasteiger charge is 2.18. The summed E-state index contributed by atoms with van der Waals surface area (Å²) < 4.78 is 6.71. The summed E-state index contributed by atoms with van der Waals surface area (Å²) in [7, 11) is 0. The van der Waals surface area contributed by atoms with Gasteiger partial charge in [-0.25, -0.2) is 9.97 Å². The molecule has 6 aromatic heterocycles. The van der Waals surface area contributed by atoms with Crippen molar-refractivity contribution < 1.29 is 4.74 Å². The van der Waals surface area contributed by atoms with E-state index in [9.17, 15) is 0 Å². The lowest BCUT2D eigenvalue weighted by molar-refractivity contribution is 0.237. The number of hydrogen-bond acceptors (Lipinski definition) is 8. The number of aromatic amines is 2. The Morgan fingerprint density at radius 3 is 2.74 bits per heavy atom. The van der Waals surface area contributed by atoms with Gasteiger partial charge in [0, 0.05) is 24.5 Å². The molecule has 0 amide bonds. The molecule has 1 aliphatic heterocycles. The van der Waals surface area contributed by atoms with E-state index in [1.807, 2.05) is 36.4 Å². The molecular formula is C27H23ClN8OS. The third-order valence-corrected chi connectivity index (χ3v) is 7.96. The average molecular weight is 543 g/mol. The van der Waals surface area contributed by atoms with E-state index in [2.05, 4.69) is 30.0 Å². The number of rotatable bonds is 7. The number of nitrogens with one attached hydrogen (secondary N) is 2. The molecule has 0 aromatic carbocycles. The summed E-state index contributed by atoms with van der Waals surface area (Å²) in [6.07, 6.45) is 7.86. The highest BCUT2D eigenvalue weighted by atomic mass is 35.5. The molecule has 6 aromatic rings. The van der Waals surface area contributed by atoms with E-state index < -0.39 is 0 Å². The zero-order valence-electron chi connectivity index (χ0n) is 20.3. The number of imidazole rings is 1. The molecule has 1 fully saturated rings. The lowest BCUT2D eigenvalue weighted by Gasteiger charge is -2.15. The van der Waals surface area contributed by atoms with Crippen LogP contribution in [0.15, 0.2) is 55.0 Å². The van der Waals surface area contributed by atoms with E-state index in [1.54, 1.807) is 18.6 Å². The van der Waals surface area contributed by atoms with Gasteiger partial charge in [-0.05, 0) is 62.3 Å². The summed E-state index contributed by atoms with van der Waals surface area (Å²) in [5.74, 6) is 1.35. The van der Waals surface area contributed by atoms with Crippen LogP contribution in [-0.2, 0) is 0 Å². The number of nitrogens with zero attached hydrogens (tertiary/aromatic N) is 6. The van der Waals surface area contributed by atoms with E-state index in [4.69, 9.17) is 26.3 Å². The molecule has 0 saturated carbocycles. The lowest BCUT2D eigenvalue weighted by atomic mass is 10.1. The van der Waals surface area contributed by atoms with Gasteiger partial charge in [0.1, 0.15) is 29.1 Å². The first-order valence-corrected chi connectivity index (χ1v) is 13.7. The zero-order valence-corrected chi connectivity index (χ0v) is 21.9. The Kier molecular flexibility index (Phi) is 5.99. The second-order valence-corrected chi connectivity index (χ2v) is 10.9. The van der Waals surface area contributed by atoms with Gasteiger partial charge in [0.25, 0.3) is 0 Å². The number of fused-ring (bicyclic) bond motifs is 2. The molecule has 0 aliphatic carbocycles. The van der Waals surface area contributed by atoms with E-state index in [1.165, 1.54) is 24.2 Å². The van der Waals surface area contributed by atoms with Gasteiger partial charge in [0.2, 0.25) is 0 Å². The van der Waals surface area contributed by atoms with Crippen LogP contribution in [-0.4, -0.2) is 66.3 Å². The highest BCUT2D eigenvalue weighted by molar-refractivity contribution is 7.19. The van der Waals surface area contributed by atoms with Crippen molar-refractivity contribution in [1.29, 1.82) is 0 Å². The number of likely N-dealkylation sites (tertiary alicyclic amines) is 1. The summed E-state index contributed by atoms with van der Waals surface area (Å²) in [5, 5.41) is 7.61. The van der Waals surface area contributed by atoms with Crippen molar-refractivity contribution in [3.8, 4) is 39.1 Å². The maximum atomic E-state index is 6.17. The Labute approximate surface area is 226 Å². The van der Waals surface area contributed by atoms with Crippen LogP contribution in [0.3, 0.4) is 0 Å². The fourth-order valence-corrected chi connectivity index (χ4v) is 5.87. The number of thiophene rings is 1. The summed E-state index contributed by atoms with van der Waals surface area (Å²) in [5.41, 5.74) is 6.24. The van der Waals surface area contributed by atoms with E-state index in [0.717, 1.165) is 69.3 Å². The molecule has 7 rings (SSSR count). The Morgan fingerprint density at radius 1 is 0.974 bits per heavy atom. The van der Waals surface area contributed by atoms with Crippen LogP contribution >= 0.6 is 22.9 Å². The standard InChI is InChI=1S/C27H23ClN8OS/c28-22-6-5-21(38-22)25-23-19(7-8-30-25)32-27(33-23)26-24-20(34-35-26)4-3-18(31-24)16-13-17(15-29-14-16)37-12-11-36-9-1-2-10-36/h3-8,13-15H,1-2,9-12H2,(H,32,33)(H,34,35). The van der Waals surface area contributed by atoms with E-state index in [-0.39, 0.29) is 0 Å². The summed E-state index contributed by atoms with van der Waals surface area (Å²) in [4.78, 5) is 25.5. The summed E-state index contributed by atoms with van der Waals surface area (Å²) >= 11 is 7.64. The first kappa shape index (κ1) is 23.3. The summed E-state index contributed by atoms with van der Waals surface area (Å²) in [6.45, 7) is 3.89. The van der Waals surface area contributed by atoms with Gasteiger partial charge in [0.05, 0.1) is 32.1 Å². The average Bonchev–Trinajstić information content (AvgIpc) is 3.74. The topological polar surface area (TPSA) is 108 Å². The number of H-pyrrole nitrogens is 2. The van der Waals surface area contributed by atoms with Crippen LogP contribution in [0.4, 0.5) is 0 Å². The summed E-state index contributed by atoms with van der Waals surface area (Å²) in [6, 6.07) is 11.6. The molecule has 0 radical (unpaired) electrons. The fourth-order valence-electron chi connectivity index (χ4n) is 4.83. The second-order valence-electron chi connectivity index (χ2n) is 9.22. The maximum absolute atomic E-state index is 6.17. The smallest absolute Gasteiger partial charge is 0.161 e. The number of ether oxygens (including phenoxy) is 1. The molecule has 38 heavy (non-hydrogen) atoms. The Morgan fingerprint density at radius 2 is 1.87 bits per heavy atom. The molecule has 2 N–H and O–H groups in total. The third-order valence-electron chi connectivity index (χ3n) is 6.72. The SMILES string of the molecule is Clc1ccc(-c2nccc3[nH]c(-c4n[nH]c5ccc(-c6cncc(OCCN7CCCC7)c6)nc45)nc23)s1. The van der Waals surface area contributed by atoms with E-state index >= 15 is 0 Å². The first-order valence-electron chi connectivity index (χ1n) is 12.5. The van der Waals surface area contributed by atoms with Crippen molar-refractivity contribution in [2.45, 2.75) is 12.8 Å². The minimum Gasteiger partial charge on any atom is -0.491 e. The maximum Gasteiger partial charge on any atom is 0.161 e. The fraction of sp³-hybridized carbons (Fsp3) is 0.222. The molecule has 0 spiro atoms. The predicted octanol–water partition coefficient (Wildman–Crippen LogP) is 5.81. The monoisotopic (exact) mass is 542 g/mol. The quantitative estimate of drug-likeness (QED) is 0.262. The van der Waals surface area contributed by atoms with Crippen LogP contribution in [0.1, 0.15) is 12.8 Å². The van der Waals surface area contributed by atoms with Gasteiger partial charge in [-0.15, -0.1) is 11.3 Å². The molecule has 11 heteroatoms. The molecule has 190 valence electrons. The van der Waals surface area contributed by atoms with Gasteiger partial charge in [-0.2, -0.15) is 5.10 Å². The van der Waals surface area contributed by atoms with Crippen LogP contribution in [0.2, 0.25) is 4.34 Å².